The van der Waals surface area contributed by atoms with Crippen LogP contribution in [0.4, 0.5) is 4.79 Å². The summed E-state index contributed by atoms with van der Waals surface area (Å²) in [7, 11) is 0. The molecule has 3 amide bonds. The maximum Gasteiger partial charge on any atom is 0.344 e. The fourth-order valence-electron chi connectivity index (χ4n) is 2.45. The van der Waals surface area contributed by atoms with Gasteiger partial charge in [-0.15, -0.1) is 0 Å². The maximum atomic E-state index is 12.1. The van der Waals surface area contributed by atoms with Crippen LogP contribution in [0, 0.1) is 5.92 Å². The minimum Gasteiger partial charge on any atom is -0.481 e. The number of nitrogens with one attached hydrogen (secondary N) is 1. The van der Waals surface area contributed by atoms with Crippen LogP contribution in [-0.4, -0.2) is 30.6 Å². The molecule has 1 atom stereocenters. The molecule has 0 aromatic heterocycles. The summed E-state index contributed by atoms with van der Waals surface area (Å²) >= 11 is 0. The number of imide groups is 1. The second-order valence-corrected chi connectivity index (χ2v) is 6.16. The van der Waals surface area contributed by atoms with Crippen molar-refractivity contribution in [3.63, 3.8) is 0 Å². The van der Waals surface area contributed by atoms with Gasteiger partial charge in [-0.1, -0.05) is 62.4 Å². The summed E-state index contributed by atoms with van der Waals surface area (Å²) in [5.74, 6) is -1.32. The molecule has 0 unspecified atom stereocenters. The van der Waals surface area contributed by atoms with Gasteiger partial charge >= 0.3 is 12.0 Å². The van der Waals surface area contributed by atoms with Gasteiger partial charge in [-0.3, -0.25) is 10.1 Å². The Morgan fingerprint density at radius 3 is 2.26 bits per heavy atom. The van der Waals surface area contributed by atoms with Crippen LogP contribution in [0.1, 0.15) is 13.8 Å². The van der Waals surface area contributed by atoms with Gasteiger partial charge in [0, 0.05) is 5.56 Å². The number of hydrogen-bond acceptors (Lipinski definition) is 5. The summed E-state index contributed by atoms with van der Waals surface area (Å²) in [6.45, 7) is 2.99. The van der Waals surface area contributed by atoms with Gasteiger partial charge in [-0.2, -0.15) is 0 Å². The minimum atomic E-state index is -1.14. The maximum absolute atomic E-state index is 12.1. The summed E-state index contributed by atoms with van der Waals surface area (Å²) in [4.78, 5) is 34.9. The van der Waals surface area contributed by atoms with Crippen molar-refractivity contribution in [2.24, 2.45) is 11.7 Å². The molecule has 0 aliphatic carbocycles. The van der Waals surface area contributed by atoms with Crippen LogP contribution in [0.15, 0.2) is 54.6 Å². The van der Waals surface area contributed by atoms with Crippen molar-refractivity contribution in [3.05, 3.63) is 54.6 Å². The molecule has 3 N–H and O–H groups in total. The molecule has 7 nitrogen and oxygen atoms in total. The molecule has 0 radical (unpaired) electrons. The number of primary amides is 1. The van der Waals surface area contributed by atoms with Crippen LogP contribution >= 0.6 is 0 Å². The van der Waals surface area contributed by atoms with Gasteiger partial charge in [-0.05, 0) is 17.5 Å². The van der Waals surface area contributed by atoms with Crippen LogP contribution < -0.4 is 15.8 Å². The van der Waals surface area contributed by atoms with E-state index in [-0.39, 0.29) is 12.5 Å². The lowest BCUT2D eigenvalue weighted by Gasteiger charge is -2.20. The van der Waals surface area contributed by atoms with Crippen molar-refractivity contribution in [1.82, 2.24) is 5.32 Å². The Hall–Kier alpha value is -3.35. The zero-order valence-electron chi connectivity index (χ0n) is 15.2. The van der Waals surface area contributed by atoms with Crippen molar-refractivity contribution < 1.29 is 23.9 Å². The van der Waals surface area contributed by atoms with Crippen molar-refractivity contribution in [3.8, 4) is 16.9 Å². The molecule has 142 valence electrons. The first-order valence-corrected chi connectivity index (χ1v) is 8.45. The molecule has 0 fully saturated rings. The molecule has 0 saturated carbocycles. The first-order chi connectivity index (χ1) is 12.9. The predicted octanol–water partition coefficient (Wildman–Crippen LogP) is 2.50. The summed E-state index contributed by atoms with van der Waals surface area (Å²) in [5, 5.41) is 1.92. The van der Waals surface area contributed by atoms with Crippen LogP contribution in [0.2, 0.25) is 0 Å². The van der Waals surface area contributed by atoms with Crippen LogP contribution in [0.25, 0.3) is 11.1 Å². The fourth-order valence-corrected chi connectivity index (χ4v) is 2.45. The lowest BCUT2D eigenvalue weighted by molar-refractivity contribution is -0.160. The van der Waals surface area contributed by atoms with Crippen molar-refractivity contribution in [2.75, 3.05) is 6.61 Å². The molecule has 0 saturated heterocycles. The summed E-state index contributed by atoms with van der Waals surface area (Å²) in [6.07, 6.45) is -1.14. The van der Waals surface area contributed by atoms with E-state index in [1.165, 1.54) is 0 Å². The molecule has 0 spiro atoms. The number of esters is 1. The third-order valence-electron chi connectivity index (χ3n) is 3.69. The van der Waals surface area contributed by atoms with Gasteiger partial charge in [0.05, 0.1) is 0 Å². The first-order valence-electron chi connectivity index (χ1n) is 8.45. The third-order valence-corrected chi connectivity index (χ3v) is 3.69. The normalized spacial score (nSPS) is 11.5. The molecule has 0 aliphatic heterocycles. The SMILES string of the molecule is CC(C)[C@@H](OC(=O)COc1ccccc1-c1ccccc1)C(=O)NC(N)=O. The summed E-state index contributed by atoms with van der Waals surface area (Å²) in [6, 6.07) is 15.9. The molecule has 7 heteroatoms. The number of amides is 3. The molecule has 0 bridgehead atoms. The number of hydrogen-bond donors (Lipinski definition) is 2. The minimum absolute atomic E-state index is 0.343. The second kappa shape index (κ2) is 9.38. The van der Waals surface area contributed by atoms with Gasteiger partial charge in [0.2, 0.25) is 0 Å². The zero-order valence-corrected chi connectivity index (χ0v) is 15.2. The number of benzene rings is 2. The smallest absolute Gasteiger partial charge is 0.344 e. The largest absolute Gasteiger partial charge is 0.481 e. The molecular formula is C20H22N2O5. The number of rotatable bonds is 7. The Labute approximate surface area is 157 Å². The van der Waals surface area contributed by atoms with E-state index >= 15 is 0 Å². The van der Waals surface area contributed by atoms with Crippen molar-refractivity contribution in [1.29, 1.82) is 0 Å². The van der Waals surface area contributed by atoms with Gasteiger partial charge < -0.3 is 15.2 Å². The lowest BCUT2D eigenvalue weighted by atomic mass is 10.1. The zero-order chi connectivity index (χ0) is 19.8. The Bertz CT molecular complexity index is 805. The topological polar surface area (TPSA) is 108 Å². The molecule has 0 aliphatic rings. The Morgan fingerprint density at radius 2 is 1.63 bits per heavy atom. The second-order valence-electron chi connectivity index (χ2n) is 6.16. The van der Waals surface area contributed by atoms with E-state index in [2.05, 4.69) is 0 Å². The molecule has 2 aromatic rings. The average Bonchev–Trinajstić information content (AvgIpc) is 2.64. The highest BCUT2D eigenvalue weighted by atomic mass is 16.6. The number of carbonyl (C=O) groups excluding carboxylic acids is 3. The highest BCUT2D eigenvalue weighted by Gasteiger charge is 2.27. The van der Waals surface area contributed by atoms with E-state index in [9.17, 15) is 14.4 Å². The summed E-state index contributed by atoms with van der Waals surface area (Å²) < 4.78 is 10.8. The first kappa shape index (κ1) is 20.0. The highest BCUT2D eigenvalue weighted by molar-refractivity contribution is 5.96. The van der Waals surface area contributed by atoms with Gasteiger partial charge in [0.1, 0.15) is 5.75 Å². The lowest BCUT2D eigenvalue weighted by Crippen LogP contribution is -2.46. The molecular weight excluding hydrogens is 348 g/mol. The average molecular weight is 370 g/mol. The number of urea groups is 1. The van der Waals surface area contributed by atoms with E-state index in [0.29, 0.717) is 5.75 Å². The summed E-state index contributed by atoms with van der Waals surface area (Å²) in [5.41, 5.74) is 6.71. The highest BCUT2D eigenvalue weighted by Crippen LogP contribution is 2.29. The Morgan fingerprint density at radius 1 is 1.00 bits per heavy atom. The van der Waals surface area contributed by atoms with E-state index in [0.717, 1.165) is 11.1 Å². The van der Waals surface area contributed by atoms with E-state index in [4.69, 9.17) is 15.2 Å². The quantitative estimate of drug-likeness (QED) is 0.728. The Kier molecular flexibility index (Phi) is 6.93. The third kappa shape index (κ3) is 5.85. The van der Waals surface area contributed by atoms with Crippen LogP contribution in [0.5, 0.6) is 5.75 Å². The number of para-hydroxylation sites is 1. The number of carbonyl (C=O) groups is 3. The molecule has 2 rings (SSSR count). The standard InChI is InChI=1S/C20H22N2O5/c1-13(2)18(19(24)22-20(21)25)27-17(23)12-26-16-11-7-6-10-15(16)14-8-4-3-5-9-14/h3-11,13,18H,12H2,1-2H3,(H3,21,22,24,25)/t18-/m1/s1. The van der Waals surface area contributed by atoms with Crippen LogP contribution in [0.3, 0.4) is 0 Å². The van der Waals surface area contributed by atoms with E-state index < -0.39 is 24.0 Å². The molecule has 27 heavy (non-hydrogen) atoms. The van der Waals surface area contributed by atoms with Crippen LogP contribution in [-0.2, 0) is 14.3 Å². The number of ether oxygens (including phenoxy) is 2. The van der Waals surface area contributed by atoms with Crippen molar-refractivity contribution in [2.45, 2.75) is 20.0 Å². The van der Waals surface area contributed by atoms with E-state index in [1.54, 1.807) is 26.0 Å². The predicted molar refractivity (Wildman–Crippen MR) is 99.8 cm³/mol. The number of nitrogens with two attached hydrogens (primary N) is 1. The monoisotopic (exact) mass is 370 g/mol. The Balaban J connectivity index is 2.03. The molecule has 0 heterocycles. The van der Waals surface area contributed by atoms with E-state index in [1.807, 2.05) is 47.8 Å². The van der Waals surface area contributed by atoms with Gasteiger partial charge in [-0.25, -0.2) is 9.59 Å². The fraction of sp³-hybridized carbons (Fsp3) is 0.250. The van der Waals surface area contributed by atoms with Gasteiger partial charge in [0.25, 0.3) is 5.91 Å². The molecule has 2 aromatic carbocycles. The van der Waals surface area contributed by atoms with Crippen molar-refractivity contribution >= 4 is 17.9 Å². The van der Waals surface area contributed by atoms with Gasteiger partial charge in [0.15, 0.2) is 12.7 Å².